The average Bonchev–Trinajstić information content (AvgIpc) is 2.80. The molecule has 4 aromatic rings. The van der Waals surface area contributed by atoms with Crippen molar-refractivity contribution in [2.75, 3.05) is 24.2 Å². The Morgan fingerprint density at radius 3 is 2.30 bits per heavy atom. The number of pyridine rings is 1. The summed E-state index contributed by atoms with van der Waals surface area (Å²) in [7, 11) is 1.84. The van der Waals surface area contributed by atoms with Crippen LogP contribution in [0.5, 0.6) is 0 Å². The van der Waals surface area contributed by atoms with E-state index in [2.05, 4.69) is 32.7 Å². The van der Waals surface area contributed by atoms with Crippen molar-refractivity contribution in [3.63, 3.8) is 0 Å². The highest BCUT2D eigenvalue weighted by Gasteiger charge is 2.12. The van der Waals surface area contributed by atoms with Crippen molar-refractivity contribution < 1.29 is 0 Å². The lowest BCUT2D eigenvalue weighted by Gasteiger charge is -2.12. The Bertz CT molecular complexity index is 1130. The molecule has 2 aromatic carbocycles. The van der Waals surface area contributed by atoms with Gasteiger partial charge < -0.3 is 10.6 Å². The highest BCUT2D eigenvalue weighted by Crippen LogP contribution is 2.30. The van der Waals surface area contributed by atoms with Crippen molar-refractivity contribution in [3.8, 4) is 22.5 Å². The lowest BCUT2D eigenvalue weighted by Crippen LogP contribution is -2.09. The maximum absolute atomic E-state index is 6.34. The summed E-state index contributed by atoms with van der Waals surface area (Å²) in [5, 5.41) is 7.12. The topological polar surface area (TPSA) is 62.7 Å². The Balaban J connectivity index is 1.55. The number of nitrogens with zero attached hydrogens (tertiary/aromatic N) is 3. The number of aromatic nitrogens is 3. The summed E-state index contributed by atoms with van der Waals surface area (Å²) in [6.07, 6.45) is 2.70. The lowest BCUT2D eigenvalue weighted by atomic mass is 10.1. The maximum atomic E-state index is 6.34. The van der Waals surface area contributed by atoms with Crippen molar-refractivity contribution >= 4 is 23.4 Å². The van der Waals surface area contributed by atoms with Crippen molar-refractivity contribution in [1.29, 1.82) is 0 Å². The van der Waals surface area contributed by atoms with E-state index in [1.165, 1.54) is 5.56 Å². The standard InChI is InChI=1S/C24H22ClN5/c1-26-23-19(16-28-24(30-23)27-15-14-17-8-3-2-4-9-17)22-13-7-12-21(29-22)18-10-5-6-11-20(18)25/h2-13,16H,14-15H2,1H3,(H2,26,27,28,30). The smallest absolute Gasteiger partial charge is 0.224 e. The molecule has 2 heterocycles. The molecule has 150 valence electrons. The van der Waals surface area contributed by atoms with Gasteiger partial charge in [-0.05, 0) is 30.2 Å². The zero-order valence-corrected chi connectivity index (χ0v) is 17.4. The van der Waals surface area contributed by atoms with E-state index >= 15 is 0 Å². The molecule has 0 amide bonds. The summed E-state index contributed by atoms with van der Waals surface area (Å²) in [6.45, 7) is 0.757. The molecule has 0 saturated heterocycles. The van der Waals surface area contributed by atoms with E-state index in [0.717, 1.165) is 41.3 Å². The van der Waals surface area contributed by atoms with Crippen LogP contribution in [-0.2, 0) is 6.42 Å². The van der Waals surface area contributed by atoms with Crippen LogP contribution in [0.2, 0.25) is 5.02 Å². The Kier molecular flexibility index (Phi) is 6.20. The lowest BCUT2D eigenvalue weighted by molar-refractivity contribution is 0.984. The summed E-state index contributed by atoms with van der Waals surface area (Å²) >= 11 is 6.34. The number of nitrogens with one attached hydrogen (secondary N) is 2. The van der Waals surface area contributed by atoms with E-state index in [1.54, 1.807) is 6.20 Å². The molecular weight excluding hydrogens is 394 g/mol. The SMILES string of the molecule is CNc1nc(NCCc2ccccc2)ncc1-c1cccc(-c2ccccc2Cl)n1. The van der Waals surface area contributed by atoms with Crippen LogP contribution in [0.1, 0.15) is 5.56 Å². The van der Waals surface area contributed by atoms with Crippen LogP contribution in [-0.4, -0.2) is 28.5 Å². The number of hydrogen-bond donors (Lipinski definition) is 2. The maximum Gasteiger partial charge on any atom is 0.224 e. The fourth-order valence-corrected chi connectivity index (χ4v) is 3.44. The van der Waals surface area contributed by atoms with Crippen LogP contribution >= 0.6 is 11.6 Å². The molecule has 0 saturated carbocycles. The molecule has 0 aliphatic rings. The minimum atomic E-state index is 0.585. The molecular formula is C24H22ClN5. The van der Waals surface area contributed by atoms with Gasteiger partial charge in [-0.2, -0.15) is 4.98 Å². The van der Waals surface area contributed by atoms with Gasteiger partial charge in [-0.1, -0.05) is 66.2 Å². The molecule has 4 rings (SSSR count). The number of anilines is 2. The first-order valence-electron chi connectivity index (χ1n) is 9.79. The number of hydrogen-bond acceptors (Lipinski definition) is 5. The highest BCUT2D eigenvalue weighted by molar-refractivity contribution is 6.33. The zero-order chi connectivity index (χ0) is 20.8. The molecule has 0 unspecified atom stereocenters. The first-order valence-corrected chi connectivity index (χ1v) is 10.2. The molecule has 0 spiro atoms. The van der Waals surface area contributed by atoms with Gasteiger partial charge in [0.25, 0.3) is 0 Å². The summed E-state index contributed by atoms with van der Waals surface area (Å²) < 4.78 is 0. The number of halogens is 1. The van der Waals surface area contributed by atoms with Crippen LogP contribution in [0.25, 0.3) is 22.5 Å². The summed E-state index contributed by atoms with van der Waals surface area (Å²) in [5.74, 6) is 1.30. The van der Waals surface area contributed by atoms with Gasteiger partial charge >= 0.3 is 0 Å². The van der Waals surface area contributed by atoms with Crippen LogP contribution < -0.4 is 10.6 Å². The summed E-state index contributed by atoms with van der Waals surface area (Å²) in [5.41, 5.74) is 4.60. The molecule has 0 atom stereocenters. The van der Waals surface area contributed by atoms with Gasteiger partial charge in [0.2, 0.25) is 5.95 Å². The Labute approximate surface area is 181 Å². The molecule has 6 heteroatoms. The van der Waals surface area contributed by atoms with Gasteiger partial charge in [-0.25, -0.2) is 9.97 Å². The quantitative estimate of drug-likeness (QED) is 0.414. The molecule has 2 aromatic heterocycles. The third-order valence-corrected chi connectivity index (χ3v) is 5.07. The van der Waals surface area contributed by atoms with Crippen LogP contribution in [0.15, 0.2) is 79.0 Å². The molecule has 0 aliphatic carbocycles. The van der Waals surface area contributed by atoms with E-state index in [1.807, 2.05) is 67.7 Å². The van der Waals surface area contributed by atoms with E-state index < -0.39 is 0 Å². The normalized spacial score (nSPS) is 10.6. The van der Waals surface area contributed by atoms with Gasteiger partial charge in [0.15, 0.2) is 0 Å². The first kappa shape index (κ1) is 19.9. The number of benzene rings is 2. The molecule has 2 N–H and O–H groups in total. The second-order valence-corrected chi connectivity index (χ2v) is 7.16. The largest absolute Gasteiger partial charge is 0.372 e. The van der Waals surface area contributed by atoms with Gasteiger partial charge in [-0.3, -0.25) is 0 Å². The summed E-state index contributed by atoms with van der Waals surface area (Å²) in [4.78, 5) is 13.9. The Morgan fingerprint density at radius 1 is 0.800 bits per heavy atom. The molecule has 0 bridgehead atoms. The fraction of sp³-hybridized carbons (Fsp3) is 0.125. The van der Waals surface area contributed by atoms with Crippen molar-refractivity contribution in [3.05, 3.63) is 89.6 Å². The number of rotatable bonds is 7. The molecule has 0 aliphatic heterocycles. The minimum Gasteiger partial charge on any atom is -0.372 e. The molecule has 5 nitrogen and oxygen atoms in total. The summed E-state index contributed by atoms with van der Waals surface area (Å²) in [6, 6.07) is 23.9. The van der Waals surface area contributed by atoms with Crippen molar-refractivity contribution in [1.82, 2.24) is 15.0 Å². The third kappa shape index (κ3) is 4.58. The van der Waals surface area contributed by atoms with Crippen molar-refractivity contribution in [2.45, 2.75) is 6.42 Å². The van der Waals surface area contributed by atoms with Crippen LogP contribution in [0.3, 0.4) is 0 Å². The molecule has 0 fully saturated rings. The monoisotopic (exact) mass is 415 g/mol. The van der Waals surface area contributed by atoms with Gasteiger partial charge in [0.1, 0.15) is 5.82 Å². The predicted octanol–water partition coefficient (Wildman–Crippen LogP) is 5.56. The zero-order valence-electron chi connectivity index (χ0n) is 16.6. The van der Waals surface area contributed by atoms with Crippen LogP contribution in [0.4, 0.5) is 11.8 Å². The highest BCUT2D eigenvalue weighted by atomic mass is 35.5. The predicted molar refractivity (Wildman–Crippen MR) is 124 cm³/mol. The Morgan fingerprint density at radius 2 is 1.53 bits per heavy atom. The van der Waals surface area contributed by atoms with E-state index in [0.29, 0.717) is 11.0 Å². The molecule has 0 radical (unpaired) electrons. The van der Waals surface area contributed by atoms with Crippen molar-refractivity contribution in [2.24, 2.45) is 0 Å². The third-order valence-electron chi connectivity index (χ3n) is 4.74. The molecule has 30 heavy (non-hydrogen) atoms. The van der Waals surface area contributed by atoms with Gasteiger partial charge in [-0.15, -0.1) is 0 Å². The average molecular weight is 416 g/mol. The first-order chi connectivity index (χ1) is 14.7. The van der Waals surface area contributed by atoms with Gasteiger partial charge in [0, 0.05) is 30.4 Å². The van der Waals surface area contributed by atoms with E-state index in [9.17, 15) is 0 Å². The van der Waals surface area contributed by atoms with Crippen LogP contribution in [0, 0.1) is 0 Å². The van der Waals surface area contributed by atoms with E-state index in [4.69, 9.17) is 16.6 Å². The van der Waals surface area contributed by atoms with E-state index in [-0.39, 0.29) is 0 Å². The second kappa shape index (κ2) is 9.37. The van der Waals surface area contributed by atoms with Gasteiger partial charge in [0.05, 0.1) is 17.0 Å². The minimum absolute atomic E-state index is 0.585. The Hall–Kier alpha value is -3.44. The second-order valence-electron chi connectivity index (χ2n) is 6.76. The fourth-order valence-electron chi connectivity index (χ4n) is 3.21.